The largest absolute Gasteiger partial charge is 0.394 e. The number of aliphatic hydroxyl groups is 2. The van der Waals surface area contributed by atoms with E-state index < -0.39 is 0 Å². The van der Waals surface area contributed by atoms with E-state index in [0.29, 0.717) is 19.8 Å². The van der Waals surface area contributed by atoms with E-state index in [1.54, 1.807) is 7.11 Å². The van der Waals surface area contributed by atoms with Gasteiger partial charge in [-0.25, -0.2) is 0 Å². The van der Waals surface area contributed by atoms with E-state index in [9.17, 15) is 0 Å². The standard InChI is InChI=1S/C4H10O2.C3H8O2.H2/c1-2-6-4-3-5;1-5-3-2-4;/h5H,2-4H2,1H3;4H,2-3H2,1H3;1H. The van der Waals surface area contributed by atoms with Gasteiger partial charge in [-0.1, -0.05) is 0 Å². The molecule has 2 N–H and O–H groups in total. The minimum absolute atomic E-state index is 0. The molecular formula is C7H20O4. The zero-order valence-corrected chi connectivity index (χ0v) is 7.25. The lowest BCUT2D eigenvalue weighted by molar-refractivity contribution is 0.102. The number of methoxy groups -OCH3 is 1. The third kappa shape index (κ3) is 25.8. The van der Waals surface area contributed by atoms with Crippen LogP contribution in [0.1, 0.15) is 8.35 Å². The maximum absolute atomic E-state index is 8.07. The van der Waals surface area contributed by atoms with E-state index in [4.69, 9.17) is 14.9 Å². The van der Waals surface area contributed by atoms with Crippen LogP contribution in [0.4, 0.5) is 0 Å². The van der Waals surface area contributed by atoms with Gasteiger partial charge in [-0.2, -0.15) is 0 Å². The highest BCUT2D eigenvalue weighted by molar-refractivity contribution is 4.18. The van der Waals surface area contributed by atoms with Gasteiger partial charge < -0.3 is 19.7 Å². The SMILES string of the molecule is CCOCCO.COCCO.[HH]. The van der Waals surface area contributed by atoms with Crippen molar-refractivity contribution in [3.63, 3.8) is 0 Å². The van der Waals surface area contributed by atoms with Crippen molar-refractivity contribution in [3.8, 4) is 0 Å². The van der Waals surface area contributed by atoms with Gasteiger partial charge in [-0.15, -0.1) is 0 Å². The lowest BCUT2D eigenvalue weighted by Gasteiger charge is -1.91. The van der Waals surface area contributed by atoms with Crippen LogP contribution in [0.15, 0.2) is 0 Å². The van der Waals surface area contributed by atoms with Crippen LogP contribution in [0.25, 0.3) is 0 Å². The molecule has 0 saturated heterocycles. The summed E-state index contributed by atoms with van der Waals surface area (Å²) in [6, 6.07) is 0. The zero-order valence-electron chi connectivity index (χ0n) is 7.25. The second kappa shape index (κ2) is 16.4. The first-order valence-corrected chi connectivity index (χ1v) is 3.61. The Kier molecular flexibility index (Phi) is 20.1. The highest BCUT2D eigenvalue weighted by atomic mass is 16.5. The van der Waals surface area contributed by atoms with Crippen LogP contribution in [-0.4, -0.2) is 50.4 Å². The Morgan fingerprint density at radius 2 is 1.73 bits per heavy atom. The quantitative estimate of drug-likeness (QED) is 0.562. The monoisotopic (exact) mass is 168 g/mol. The molecule has 0 fully saturated rings. The molecule has 72 valence electrons. The third-order valence-corrected chi connectivity index (χ3v) is 0.735. The number of ether oxygens (including phenoxy) is 2. The summed E-state index contributed by atoms with van der Waals surface area (Å²) in [6.07, 6.45) is 0. The minimum Gasteiger partial charge on any atom is -0.394 e. The van der Waals surface area contributed by atoms with Crippen molar-refractivity contribution < 1.29 is 21.1 Å². The minimum atomic E-state index is 0. The summed E-state index contributed by atoms with van der Waals surface area (Å²) in [5, 5.41) is 16.0. The van der Waals surface area contributed by atoms with Crippen LogP contribution in [0.2, 0.25) is 0 Å². The first kappa shape index (κ1) is 13.4. The lowest BCUT2D eigenvalue weighted by Crippen LogP contribution is -1.96. The Morgan fingerprint density at radius 1 is 1.18 bits per heavy atom. The van der Waals surface area contributed by atoms with Gasteiger partial charge in [-0.05, 0) is 6.92 Å². The van der Waals surface area contributed by atoms with E-state index in [1.807, 2.05) is 6.92 Å². The summed E-state index contributed by atoms with van der Waals surface area (Å²) < 4.78 is 9.17. The summed E-state index contributed by atoms with van der Waals surface area (Å²) >= 11 is 0. The molecule has 0 aliphatic rings. The maximum atomic E-state index is 8.07. The van der Waals surface area contributed by atoms with Crippen LogP contribution >= 0.6 is 0 Å². The Balaban J connectivity index is -0.000000126. The third-order valence-electron chi connectivity index (χ3n) is 0.735. The van der Waals surface area contributed by atoms with Crippen molar-refractivity contribution in [1.82, 2.24) is 0 Å². The normalized spacial score (nSPS) is 8.73. The number of hydrogen-bond acceptors (Lipinski definition) is 4. The second-order valence-electron chi connectivity index (χ2n) is 1.64. The maximum Gasteiger partial charge on any atom is 0.0697 e. The van der Waals surface area contributed by atoms with E-state index in [-0.39, 0.29) is 14.6 Å². The summed E-state index contributed by atoms with van der Waals surface area (Å²) in [7, 11) is 1.55. The zero-order chi connectivity index (χ0) is 8.95. The van der Waals surface area contributed by atoms with Crippen molar-refractivity contribution in [2.75, 3.05) is 40.1 Å². The topological polar surface area (TPSA) is 58.9 Å². The average Bonchev–Trinajstić information content (AvgIpc) is 2.04. The fourth-order valence-corrected chi connectivity index (χ4v) is 0.300. The highest BCUT2D eigenvalue weighted by Crippen LogP contribution is 1.66. The number of aliphatic hydroxyl groups excluding tert-OH is 2. The van der Waals surface area contributed by atoms with Gasteiger partial charge in [0.1, 0.15) is 0 Å². The van der Waals surface area contributed by atoms with Crippen molar-refractivity contribution in [2.24, 2.45) is 0 Å². The molecule has 0 spiro atoms. The molecule has 4 heteroatoms. The summed E-state index contributed by atoms with van der Waals surface area (Å²) in [5.74, 6) is 0. The number of hydrogen-bond donors (Lipinski definition) is 2. The van der Waals surface area contributed by atoms with E-state index in [2.05, 4.69) is 4.74 Å². The predicted molar refractivity (Wildman–Crippen MR) is 44.7 cm³/mol. The lowest BCUT2D eigenvalue weighted by atomic mass is 10.8. The van der Waals surface area contributed by atoms with Crippen LogP contribution in [0.5, 0.6) is 0 Å². The molecule has 0 amide bonds. The molecule has 4 nitrogen and oxygen atoms in total. The fourth-order valence-electron chi connectivity index (χ4n) is 0.300. The van der Waals surface area contributed by atoms with E-state index >= 15 is 0 Å². The van der Waals surface area contributed by atoms with Crippen LogP contribution in [-0.2, 0) is 9.47 Å². The van der Waals surface area contributed by atoms with Gasteiger partial charge in [0.05, 0.1) is 26.4 Å². The highest BCUT2D eigenvalue weighted by Gasteiger charge is 1.73. The van der Waals surface area contributed by atoms with Gasteiger partial charge in [0.25, 0.3) is 0 Å². The molecule has 0 aromatic heterocycles. The molecule has 0 aliphatic heterocycles. The molecule has 0 bridgehead atoms. The average molecular weight is 168 g/mol. The van der Waals surface area contributed by atoms with Crippen LogP contribution in [0, 0.1) is 0 Å². The molecule has 0 aliphatic carbocycles. The van der Waals surface area contributed by atoms with E-state index in [0.717, 1.165) is 0 Å². The molecule has 0 atom stereocenters. The summed E-state index contributed by atoms with van der Waals surface area (Å²) in [4.78, 5) is 0. The fraction of sp³-hybridized carbons (Fsp3) is 1.00. The smallest absolute Gasteiger partial charge is 0.0697 e. The van der Waals surface area contributed by atoms with Crippen molar-refractivity contribution in [1.29, 1.82) is 0 Å². The first-order chi connectivity index (χ1) is 5.33. The van der Waals surface area contributed by atoms with Gasteiger partial charge in [0.2, 0.25) is 0 Å². The van der Waals surface area contributed by atoms with Crippen molar-refractivity contribution >= 4 is 0 Å². The Bertz CT molecular complexity index is 48.7. The van der Waals surface area contributed by atoms with Gasteiger partial charge in [-0.3, -0.25) is 0 Å². The van der Waals surface area contributed by atoms with Crippen LogP contribution in [0.3, 0.4) is 0 Å². The Hall–Kier alpha value is -0.160. The molecule has 0 rings (SSSR count). The Labute approximate surface area is 69.2 Å². The second-order valence-corrected chi connectivity index (χ2v) is 1.64. The van der Waals surface area contributed by atoms with Gasteiger partial charge >= 0.3 is 0 Å². The summed E-state index contributed by atoms with van der Waals surface area (Å²) in [5.41, 5.74) is 0. The predicted octanol–water partition coefficient (Wildman–Crippen LogP) is -0.114. The molecule has 0 unspecified atom stereocenters. The van der Waals surface area contributed by atoms with Gasteiger partial charge in [0, 0.05) is 15.1 Å². The van der Waals surface area contributed by atoms with Crippen LogP contribution < -0.4 is 0 Å². The Morgan fingerprint density at radius 3 is 1.82 bits per heavy atom. The van der Waals surface area contributed by atoms with Crippen molar-refractivity contribution in [2.45, 2.75) is 6.92 Å². The molecule has 11 heavy (non-hydrogen) atoms. The molecule has 0 aromatic rings. The molecule has 0 radical (unpaired) electrons. The van der Waals surface area contributed by atoms with Crippen molar-refractivity contribution in [3.05, 3.63) is 0 Å². The number of rotatable bonds is 5. The van der Waals surface area contributed by atoms with Gasteiger partial charge in [0.15, 0.2) is 0 Å². The molecule has 0 aromatic carbocycles. The molecule has 0 saturated carbocycles. The first-order valence-electron chi connectivity index (χ1n) is 3.61. The molecule has 0 heterocycles. The summed E-state index contributed by atoms with van der Waals surface area (Å²) in [6.45, 7) is 3.76. The van der Waals surface area contributed by atoms with E-state index in [1.165, 1.54) is 0 Å². The molecular weight excluding hydrogens is 148 g/mol.